The van der Waals surface area contributed by atoms with Crippen molar-refractivity contribution in [2.45, 2.75) is 26.4 Å². The number of H-pyrrole nitrogens is 1. The normalized spacial score (nSPS) is 11.0. The van der Waals surface area contributed by atoms with Crippen LogP contribution in [-0.2, 0) is 4.74 Å². The molecule has 0 fully saturated rings. The molecule has 1 rings (SSSR count). The molecule has 0 aliphatic heterocycles. The molecular formula is C8H13N3O2. The summed E-state index contributed by atoms with van der Waals surface area (Å²) >= 11 is 0. The summed E-state index contributed by atoms with van der Waals surface area (Å²) in [5.41, 5.74) is 0.114. The molecule has 1 aromatic rings. The van der Waals surface area contributed by atoms with Crippen LogP contribution in [0.5, 0.6) is 0 Å². The lowest BCUT2D eigenvalue weighted by atomic mass is 10.2. The van der Waals surface area contributed by atoms with Crippen LogP contribution in [-0.4, -0.2) is 21.9 Å². The number of carbonyl (C=O) groups is 1. The maximum absolute atomic E-state index is 11.2. The maximum atomic E-state index is 11.2. The fourth-order valence-electron chi connectivity index (χ4n) is 0.741. The summed E-state index contributed by atoms with van der Waals surface area (Å²) in [4.78, 5) is 11.2. The minimum atomic E-state index is -0.478. The number of nitrogens with zero attached hydrogens (tertiary/aromatic N) is 1. The summed E-state index contributed by atoms with van der Waals surface area (Å²) < 4.78 is 5.02. The number of carbonyl (C=O) groups excluding carboxylic acids is 1. The lowest BCUT2D eigenvalue weighted by Crippen LogP contribution is -2.27. The van der Waals surface area contributed by atoms with E-state index in [0.29, 0.717) is 5.69 Å². The first-order valence-electron chi connectivity index (χ1n) is 3.96. The summed E-state index contributed by atoms with van der Waals surface area (Å²) in [7, 11) is 0. The highest BCUT2D eigenvalue weighted by atomic mass is 16.6. The lowest BCUT2D eigenvalue weighted by molar-refractivity contribution is 0.0636. The first-order valence-corrected chi connectivity index (χ1v) is 3.96. The molecule has 0 bridgehead atoms. The Morgan fingerprint density at radius 2 is 2.31 bits per heavy atom. The highest BCUT2D eigenvalue weighted by Gasteiger charge is 2.16. The van der Waals surface area contributed by atoms with Crippen molar-refractivity contribution in [3.63, 3.8) is 0 Å². The van der Waals surface area contributed by atoms with E-state index in [1.807, 2.05) is 20.8 Å². The van der Waals surface area contributed by atoms with Crippen LogP contribution in [0.3, 0.4) is 0 Å². The van der Waals surface area contributed by atoms with Crippen LogP contribution in [0, 0.1) is 0 Å². The Kier molecular flexibility index (Phi) is 2.55. The molecule has 0 radical (unpaired) electrons. The number of nitrogens with one attached hydrogen (secondary N) is 2. The van der Waals surface area contributed by atoms with Crippen molar-refractivity contribution in [2.75, 3.05) is 5.32 Å². The van der Waals surface area contributed by atoms with Crippen LogP contribution >= 0.6 is 0 Å². The Hall–Kier alpha value is -1.52. The van der Waals surface area contributed by atoms with Crippen LogP contribution in [0.25, 0.3) is 0 Å². The smallest absolute Gasteiger partial charge is 0.412 e. The van der Waals surface area contributed by atoms with Crippen molar-refractivity contribution in [1.29, 1.82) is 0 Å². The zero-order chi connectivity index (χ0) is 9.90. The van der Waals surface area contributed by atoms with E-state index < -0.39 is 11.7 Å². The fraction of sp³-hybridized carbons (Fsp3) is 0.500. The second-order valence-electron chi connectivity index (χ2n) is 3.61. The Morgan fingerprint density at radius 1 is 1.62 bits per heavy atom. The molecule has 2 N–H and O–H groups in total. The van der Waals surface area contributed by atoms with Gasteiger partial charge in [0.2, 0.25) is 0 Å². The minimum Gasteiger partial charge on any atom is -0.444 e. The molecule has 0 aromatic carbocycles. The first kappa shape index (κ1) is 9.57. The molecule has 5 heteroatoms. The SMILES string of the molecule is CC(C)(C)OC(=O)Nc1cn[nH]c1. The number of ether oxygens (including phenoxy) is 1. The zero-order valence-corrected chi connectivity index (χ0v) is 7.92. The Bertz CT molecular complexity index is 274. The molecule has 5 nitrogen and oxygen atoms in total. The molecule has 0 saturated heterocycles. The van der Waals surface area contributed by atoms with Crippen LogP contribution in [0.2, 0.25) is 0 Å². The molecular weight excluding hydrogens is 170 g/mol. The zero-order valence-electron chi connectivity index (χ0n) is 7.92. The van der Waals surface area contributed by atoms with E-state index >= 15 is 0 Å². The third-order valence-electron chi connectivity index (χ3n) is 1.14. The van der Waals surface area contributed by atoms with Gasteiger partial charge in [0, 0.05) is 6.20 Å². The van der Waals surface area contributed by atoms with Gasteiger partial charge >= 0.3 is 6.09 Å². The van der Waals surface area contributed by atoms with E-state index in [1.165, 1.54) is 6.20 Å². The number of hydrogen-bond acceptors (Lipinski definition) is 3. The summed E-state index contributed by atoms with van der Waals surface area (Å²) in [6, 6.07) is 0. The maximum Gasteiger partial charge on any atom is 0.412 e. The van der Waals surface area contributed by atoms with Crippen LogP contribution in [0.1, 0.15) is 20.8 Å². The number of amides is 1. The van der Waals surface area contributed by atoms with E-state index in [9.17, 15) is 4.79 Å². The number of aromatic amines is 1. The van der Waals surface area contributed by atoms with Crippen molar-refractivity contribution >= 4 is 11.8 Å². The highest BCUT2D eigenvalue weighted by Crippen LogP contribution is 2.09. The summed E-state index contributed by atoms with van der Waals surface area (Å²) in [5, 5.41) is 8.78. The van der Waals surface area contributed by atoms with Gasteiger partial charge in [-0.05, 0) is 20.8 Å². The van der Waals surface area contributed by atoms with Gasteiger partial charge in [0.1, 0.15) is 5.60 Å². The van der Waals surface area contributed by atoms with Gasteiger partial charge in [0.05, 0.1) is 11.9 Å². The predicted octanol–water partition coefficient (Wildman–Crippen LogP) is 1.76. The number of aromatic nitrogens is 2. The van der Waals surface area contributed by atoms with Crippen molar-refractivity contribution in [3.05, 3.63) is 12.4 Å². The van der Waals surface area contributed by atoms with Gasteiger partial charge in [-0.2, -0.15) is 5.10 Å². The highest BCUT2D eigenvalue weighted by molar-refractivity contribution is 5.84. The van der Waals surface area contributed by atoms with Crippen LogP contribution in [0.15, 0.2) is 12.4 Å². The average molecular weight is 183 g/mol. The summed E-state index contributed by atoms with van der Waals surface area (Å²) in [6.45, 7) is 5.42. The third-order valence-corrected chi connectivity index (χ3v) is 1.14. The molecule has 1 amide bonds. The van der Waals surface area contributed by atoms with E-state index in [1.54, 1.807) is 6.20 Å². The van der Waals surface area contributed by atoms with Gasteiger partial charge < -0.3 is 4.74 Å². The van der Waals surface area contributed by atoms with Gasteiger partial charge in [-0.15, -0.1) is 0 Å². The van der Waals surface area contributed by atoms with Crippen molar-refractivity contribution < 1.29 is 9.53 Å². The van der Waals surface area contributed by atoms with E-state index in [-0.39, 0.29) is 0 Å². The molecule has 0 spiro atoms. The monoisotopic (exact) mass is 183 g/mol. The predicted molar refractivity (Wildman–Crippen MR) is 48.4 cm³/mol. The first-order chi connectivity index (χ1) is 5.97. The van der Waals surface area contributed by atoms with Crippen LogP contribution in [0.4, 0.5) is 10.5 Å². The van der Waals surface area contributed by atoms with Gasteiger partial charge in [0.25, 0.3) is 0 Å². The molecule has 1 aromatic heterocycles. The van der Waals surface area contributed by atoms with Crippen molar-refractivity contribution in [1.82, 2.24) is 10.2 Å². The van der Waals surface area contributed by atoms with Gasteiger partial charge in [-0.1, -0.05) is 0 Å². The Morgan fingerprint density at radius 3 is 2.77 bits per heavy atom. The topological polar surface area (TPSA) is 67.0 Å². The molecule has 0 saturated carbocycles. The van der Waals surface area contributed by atoms with Crippen molar-refractivity contribution in [2.24, 2.45) is 0 Å². The summed E-state index contributed by atoms with van der Waals surface area (Å²) in [5.74, 6) is 0. The van der Waals surface area contributed by atoms with Gasteiger partial charge in [-0.25, -0.2) is 4.79 Å². The van der Waals surface area contributed by atoms with E-state index in [2.05, 4.69) is 15.5 Å². The Labute approximate surface area is 76.5 Å². The second-order valence-corrected chi connectivity index (χ2v) is 3.61. The fourth-order valence-corrected chi connectivity index (χ4v) is 0.741. The summed E-state index contributed by atoms with van der Waals surface area (Å²) in [6.07, 6.45) is 2.60. The molecule has 13 heavy (non-hydrogen) atoms. The largest absolute Gasteiger partial charge is 0.444 e. The average Bonchev–Trinajstić information content (AvgIpc) is 2.34. The minimum absolute atomic E-state index is 0.478. The number of hydrogen-bond donors (Lipinski definition) is 2. The quantitative estimate of drug-likeness (QED) is 0.697. The third kappa shape index (κ3) is 3.59. The molecule has 0 aliphatic rings. The molecule has 0 aliphatic carbocycles. The molecule has 0 unspecified atom stereocenters. The number of rotatable bonds is 1. The molecule has 1 heterocycles. The van der Waals surface area contributed by atoms with Crippen molar-refractivity contribution in [3.8, 4) is 0 Å². The van der Waals surface area contributed by atoms with Crippen LogP contribution < -0.4 is 5.32 Å². The van der Waals surface area contributed by atoms with E-state index in [4.69, 9.17) is 4.74 Å². The molecule has 72 valence electrons. The molecule has 0 atom stereocenters. The van der Waals surface area contributed by atoms with Gasteiger partial charge in [-0.3, -0.25) is 10.4 Å². The lowest BCUT2D eigenvalue weighted by Gasteiger charge is -2.19. The Balaban J connectivity index is 2.43. The van der Waals surface area contributed by atoms with E-state index in [0.717, 1.165) is 0 Å². The van der Waals surface area contributed by atoms with Gasteiger partial charge in [0.15, 0.2) is 0 Å². The number of anilines is 1. The second kappa shape index (κ2) is 3.47. The standard InChI is InChI=1S/C8H13N3O2/c1-8(2,3)13-7(12)11-6-4-9-10-5-6/h4-5H,1-3H3,(H,9,10)(H,11,12).